The molecule has 4 unspecified atom stereocenters. The van der Waals surface area contributed by atoms with Crippen LogP contribution in [0.4, 0.5) is 14.9 Å². The fourth-order valence-corrected chi connectivity index (χ4v) is 5.51. The topological polar surface area (TPSA) is 123 Å². The average molecular weight is 456 g/mol. The second kappa shape index (κ2) is 8.15. The van der Waals surface area contributed by atoms with Crippen molar-refractivity contribution in [3.63, 3.8) is 0 Å². The van der Waals surface area contributed by atoms with Gasteiger partial charge in [0.05, 0.1) is 16.3 Å². The molecule has 12 heteroatoms. The standard InChI is InChI=1S/C19H25FN4O6S/c1-18(2,3)30-17(25)21-16-22-19(13-8-11(24(26)27)6-7-14(13)20)10-12(29-5)9-15(19)31(28)23(16)4/h6-8,12,15H,9-10H2,1-5H3,(H,21,22,25). The summed E-state index contributed by atoms with van der Waals surface area (Å²) in [5, 5.41) is 13.1. The third-order valence-electron chi connectivity index (χ3n) is 5.24. The third-order valence-corrected chi connectivity index (χ3v) is 7.02. The van der Waals surface area contributed by atoms with Gasteiger partial charge in [0.25, 0.3) is 5.69 Å². The number of hydrogen-bond donors (Lipinski definition) is 1. The third kappa shape index (κ3) is 4.40. The molecule has 0 saturated heterocycles. The van der Waals surface area contributed by atoms with Crippen LogP contribution in [-0.4, -0.2) is 56.6 Å². The Morgan fingerprint density at radius 1 is 1.45 bits per heavy atom. The maximum Gasteiger partial charge on any atom is 0.414 e. The van der Waals surface area contributed by atoms with Crippen molar-refractivity contribution < 1.29 is 27.8 Å². The Kier molecular flexibility index (Phi) is 6.07. The zero-order chi connectivity index (χ0) is 23.1. The fourth-order valence-electron chi connectivity index (χ4n) is 3.88. The molecule has 31 heavy (non-hydrogen) atoms. The minimum absolute atomic E-state index is 0.0591. The summed E-state index contributed by atoms with van der Waals surface area (Å²) in [5.41, 5.74) is -2.57. The van der Waals surface area contributed by atoms with Gasteiger partial charge in [0.2, 0.25) is 5.96 Å². The zero-order valence-corrected chi connectivity index (χ0v) is 18.7. The van der Waals surface area contributed by atoms with Crippen molar-refractivity contribution >= 4 is 28.7 Å². The van der Waals surface area contributed by atoms with E-state index in [-0.39, 0.29) is 23.6 Å². The van der Waals surface area contributed by atoms with E-state index < -0.39 is 50.3 Å². The van der Waals surface area contributed by atoms with Crippen molar-refractivity contribution in [3.05, 3.63) is 39.7 Å². The number of nitrogens with one attached hydrogen (secondary N) is 1. The second-order valence-corrected chi connectivity index (χ2v) is 10.1. The highest BCUT2D eigenvalue weighted by Crippen LogP contribution is 2.50. The SMILES string of the molecule is COC1CC2S(=O)N(C)C(NC(=O)OC(C)(C)C)=NC2(c2cc([N+](=O)[O-])ccc2F)C1. The van der Waals surface area contributed by atoms with Gasteiger partial charge in [-0.3, -0.25) is 19.7 Å². The smallest absolute Gasteiger partial charge is 0.414 e. The maximum atomic E-state index is 15.0. The van der Waals surface area contributed by atoms with Gasteiger partial charge in [-0.25, -0.2) is 18.4 Å². The molecule has 1 amide bonds. The van der Waals surface area contributed by atoms with E-state index in [1.807, 2.05) is 0 Å². The predicted molar refractivity (Wildman–Crippen MR) is 111 cm³/mol. The number of nitro benzene ring substituents is 1. The number of benzene rings is 1. The van der Waals surface area contributed by atoms with Gasteiger partial charge < -0.3 is 9.47 Å². The lowest BCUT2D eigenvalue weighted by Crippen LogP contribution is -2.55. The Labute approximate surface area is 181 Å². The number of rotatable bonds is 3. The molecule has 1 aliphatic carbocycles. The van der Waals surface area contributed by atoms with Gasteiger partial charge in [0, 0.05) is 38.3 Å². The number of methoxy groups -OCH3 is 1. The van der Waals surface area contributed by atoms with Crippen LogP contribution >= 0.6 is 0 Å². The van der Waals surface area contributed by atoms with Crippen LogP contribution in [0.5, 0.6) is 0 Å². The lowest BCUT2D eigenvalue weighted by Gasteiger charge is -2.39. The van der Waals surface area contributed by atoms with Crippen molar-refractivity contribution in [2.45, 2.75) is 56.1 Å². The van der Waals surface area contributed by atoms with Crippen LogP contribution in [0.15, 0.2) is 23.2 Å². The molecule has 0 radical (unpaired) electrons. The van der Waals surface area contributed by atoms with E-state index in [2.05, 4.69) is 10.3 Å². The van der Waals surface area contributed by atoms with E-state index in [9.17, 15) is 23.5 Å². The van der Waals surface area contributed by atoms with Crippen LogP contribution in [0.2, 0.25) is 0 Å². The maximum absolute atomic E-state index is 15.0. The molecule has 10 nitrogen and oxygen atoms in total. The van der Waals surface area contributed by atoms with Crippen LogP contribution in [0.25, 0.3) is 0 Å². The number of nitrogens with zero attached hydrogens (tertiary/aromatic N) is 3. The number of halogens is 1. The number of amides is 1. The Hall–Kier alpha value is -2.60. The van der Waals surface area contributed by atoms with Gasteiger partial charge in [-0.05, 0) is 33.3 Å². The Bertz CT molecular complexity index is 965. The van der Waals surface area contributed by atoms with Gasteiger partial charge in [-0.15, -0.1) is 0 Å². The summed E-state index contributed by atoms with van der Waals surface area (Å²) in [6, 6.07) is 3.16. The fraction of sp³-hybridized carbons (Fsp3) is 0.579. The van der Waals surface area contributed by atoms with Gasteiger partial charge in [-0.2, -0.15) is 0 Å². The molecule has 1 saturated carbocycles. The van der Waals surface area contributed by atoms with Gasteiger partial charge in [0.1, 0.15) is 27.9 Å². The molecule has 3 rings (SSSR count). The van der Waals surface area contributed by atoms with E-state index in [0.29, 0.717) is 6.42 Å². The largest absolute Gasteiger partial charge is 0.444 e. The summed E-state index contributed by atoms with van der Waals surface area (Å²) in [6.45, 7) is 5.06. The monoisotopic (exact) mass is 456 g/mol. The van der Waals surface area contributed by atoms with Crippen molar-refractivity contribution in [1.29, 1.82) is 0 Å². The minimum Gasteiger partial charge on any atom is -0.444 e. The van der Waals surface area contributed by atoms with Gasteiger partial charge >= 0.3 is 6.09 Å². The molecule has 4 atom stereocenters. The average Bonchev–Trinajstić information content (AvgIpc) is 3.04. The summed E-state index contributed by atoms with van der Waals surface area (Å²) in [5.74, 6) is -0.791. The molecule has 1 fully saturated rings. The summed E-state index contributed by atoms with van der Waals surface area (Å²) < 4.78 is 40.2. The summed E-state index contributed by atoms with van der Waals surface area (Å²) >= 11 is 0. The van der Waals surface area contributed by atoms with Crippen molar-refractivity contribution in [3.8, 4) is 0 Å². The van der Waals surface area contributed by atoms with E-state index >= 15 is 0 Å². The van der Waals surface area contributed by atoms with Gasteiger partial charge in [-0.1, -0.05) is 0 Å². The highest BCUT2D eigenvalue weighted by atomic mass is 32.2. The first-order valence-electron chi connectivity index (χ1n) is 9.59. The van der Waals surface area contributed by atoms with Gasteiger partial charge in [0.15, 0.2) is 0 Å². The molecule has 170 valence electrons. The number of fused-ring (bicyclic) bond motifs is 1. The Morgan fingerprint density at radius 2 is 2.13 bits per heavy atom. The lowest BCUT2D eigenvalue weighted by molar-refractivity contribution is -0.385. The number of non-ortho nitro benzene ring substituents is 1. The zero-order valence-electron chi connectivity index (χ0n) is 17.9. The molecule has 1 aromatic rings. The van der Waals surface area contributed by atoms with E-state index in [4.69, 9.17) is 9.47 Å². The number of carbonyl (C=O) groups excluding carboxylic acids is 1. The predicted octanol–water partition coefficient (Wildman–Crippen LogP) is 2.60. The summed E-state index contributed by atoms with van der Waals surface area (Å²) in [6.07, 6.45) is -0.764. The highest BCUT2D eigenvalue weighted by molar-refractivity contribution is 7.84. The number of alkyl carbamates (subject to hydrolysis) is 1. The first-order chi connectivity index (χ1) is 14.4. The number of aliphatic imine (C=N–C) groups is 1. The van der Waals surface area contributed by atoms with E-state index in [0.717, 1.165) is 18.2 Å². The van der Waals surface area contributed by atoms with Crippen molar-refractivity contribution in [2.24, 2.45) is 4.99 Å². The summed E-state index contributed by atoms with van der Waals surface area (Å²) in [4.78, 5) is 27.6. The second-order valence-electron chi connectivity index (χ2n) is 8.47. The lowest BCUT2D eigenvalue weighted by atomic mass is 9.87. The minimum atomic E-state index is -1.73. The molecule has 1 aromatic carbocycles. The van der Waals surface area contributed by atoms with Crippen LogP contribution in [0, 0.1) is 15.9 Å². The number of ether oxygens (including phenoxy) is 2. The van der Waals surface area contributed by atoms with Crippen molar-refractivity contribution in [1.82, 2.24) is 9.62 Å². The molecule has 1 aliphatic heterocycles. The molecular formula is C19H25FN4O6S. The van der Waals surface area contributed by atoms with Crippen LogP contribution in [-0.2, 0) is 26.0 Å². The molecule has 1 heterocycles. The quantitative estimate of drug-likeness (QED) is 0.551. The first kappa shape index (κ1) is 23.1. The van der Waals surface area contributed by atoms with Crippen molar-refractivity contribution in [2.75, 3.05) is 14.2 Å². The molecular weight excluding hydrogens is 431 g/mol. The molecule has 0 bridgehead atoms. The number of guanidine groups is 1. The van der Waals surface area contributed by atoms with E-state index in [1.54, 1.807) is 20.8 Å². The number of nitro groups is 1. The number of hydrogen-bond acceptors (Lipinski definition) is 7. The summed E-state index contributed by atoms with van der Waals surface area (Å²) in [7, 11) is 1.24. The highest BCUT2D eigenvalue weighted by Gasteiger charge is 2.57. The normalized spacial score (nSPS) is 28.0. The number of carbonyl (C=O) groups is 1. The molecule has 0 spiro atoms. The first-order valence-corrected chi connectivity index (χ1v) is 10.8. The molecule has 2 aliphatic rings. The van der Waals surface area contributed by atoms with E-state index in [1.165, 1.54) is 18.5 Å². The molecule has 0 aromatic heterocycles. The van der Waals surface area contributed by atoms with Crippen LogP contribution < -0.4 is 5.32 Å². The Morgan fingerprint density at radius 3 is 2.71 bits per heavy atom. The van der Waals surface area contributed by atoms with Crippen LogP contribution in [0.3, 0.4) is 0 Å². The van der Waals surface area contributed by atoms with Crippen LogP contribution in [0.1, 0.15) is 39.2 Å². The Balaban J connectivity index is 2.14. The molecule has 1 N–H and O–H groups in total.